The molecule has 112 valence electrons. The van der Waals surface area contributed by atoms with Crippen LogP contribution in [0.4, 0.5) is 16.2 Å². The number of amides is 2. The zero-order chi connectivity index (χ0) is 14.8. The normalized spacial score (nSPS) is 27.4. The molecular formula is C17H23N3O. The van der Waals surface area contributed by atoms with Crippen molar-refractivity contribution < 1.29 is 4.79 Å². The number of carbonyl (C=O) groups is 1. The summed E-state index contributed by atoms with van der Waals surface area (Å²) in [6, 6.07) is 8.16. The highest BCUT2D eigenvalue weighted by atomic mass is 16.2. The van der Waals surface area contributed by atoms with Crippen molar-refractivity contribution in [3.05, 3.63) is 36.4 Å². The maximum atomic E-state index is 11.2. The molecule has 1 fully saturated rings. The van der Waals surface area contributed by atoms with Crippen molar-refractivity contribution in [1.29, 1.82) is 0 Å². The maximum absolute atomic E-state index is 11.2. The molecule has 4 atom stereocenters. The van der Waals surface area contributed by atoms with E-state index in [1.807, 2.05) is 24.3 Å². The topological polar surface area (TPSA) is 53.2 Å². The summed E-state index contributed by atoms with van der Waals surface area (Å²) in [6.07, 6.45) is 7.43. The first-order valence-electron chi connectivity index (χ1n) is 7.69. The summed E-state index contributed by atoms with van der Waals surface area (Å²) in [5.74, 6) is 2.30. The SMILES string of the molecule is CNC(=O)Nc1ccc(NC(C)C2CC3C=CC2C3)cc1. The van der Waals surface area contributed by atoms with Gasteiger partial charge in [0.1, 0.15) is 0 Å². The van der Waals surface area contributed by atoms with Crippen LogP contribution < -0.4 is 16.0 Å². The highest BCUT2D eigenvalue weighted by Gasteiger charge is 2.38. The zero-order valence-electron chi connectivity index (χ0n) is 12.6. The molecule has 0 aliphatic heterocycles. The van der Waals surface area contributed by atoms with Gasteiger partial charge < -0.3 is 16.0 Å². The second-order valence-corrected chi connectivity index (χ2v) is 6.16. The number of carbonyl (C=O) groups excluding carboxylic acids is 1. The third-order valence-electron chi connectivity index (χ3n) is 4.74. The Kier molecular flexibility index (Phi) is 3.86. The van der Waals surface area contributed by atoms with E-state index in [1.165, 1.54) is 12.8 Å². The van der Waals surface area contributed by atoms with Crippen molar-refractivity contribution in [2.24, 2.45) is 17.8 Å². The van der Waals surface area contributed by atoms with Gasteiger partial charge in [-0.05, 0) is 61.8 Å². The number of allylic oxidation sites excluding steroid dienone is 2. The van der Waals surface area contributed by atoms with Gasteiger partial charge in [0.15, 0.2) is 0 Å². The Bertz CT molecular complexity index is 537. The van der Waals surface area contributed by atoms with Crippen molar-refractivity contribution >= 4 is 17.4 Å². The number of nitrogens with one attached hydrogen (secondary N) is 3. The molecule has 1 aromatic carbocycles. The molecule has 0 saturated heterocycles. The molecule has 1 saturated carbocycles. The van der Waals surface area contributed by atoms with Gasteiger partial charge in [0, 0.05) is 24.5 Å². The van der Waals surface area contributed by atoms with Gasteiger partial charge in [-0.15, -0.1) is 0 Å². The van der Waals surface area contributed by atoms with Crippen LogP contribution in [0.15, 0.2) is 36.4 Å². The van der Waals surface area contributed by atoms with Crippen LogP contribution in [-0.4, -0.2) is 19.1 Å². The van der Waals surface area contributed by atoms with Gasteiger partial charge in [-0.1, -0.05) is 12.2 Å². The molecule has 4 heteroatoms. The van der Waals surface area contributed by atoms with E-state index in [1.54, 1.807) is 7.05 Å². The van der Waals surface area contributed by atoms with Crippen LogP contribution >= 0.6 is 0 Å². The van der Waals surface area contributed by atoms with E-state index in [0.29, 0.717) is 6.04 Å². The van der Waals surface area contributed by atoms with Crippen molar-refractivity contribution in [3.63, 3.8) is 0 Å². The molecule has 3 N–H and O–H groups in total. The van der Waals surface area contributed by atoms with Gasteiger partial charge in [0.05, 0.1) is 0 Å². The minimum atomic E-state index is -0.196. The van der Waals surface area contributed by atoms with Crippen molar-refractivity contribution in [3.8, 4) is 0 Å². The van der Waals surface area contributed by atoms with Gasteiger partial charge in [-0.3, -0.25) is 0 Å². The minimum absolute atomic E-state index is 0.196. The molecule has 0 radical (unpaired) electrons. The van der Waals surface area contributed by atoms with Gasteiger partial charge in [0.25, 0.3) is 0 Å². The molecule has 0 aromatic heterocycles. The van der Waals surface area contributed by atoms with Crippen LogP contribution in [0.2, 0.25) is 0 Å². The van der Waals surface area contributed by atoms with E-state index in [4.69, 9.17) is 0 Å². The fourth-order valence-corrected chi connectivity index (χ4v) is 3.61. The standard InChI is InChI=1S/C17H23N3O/c1-11(16-10-12-3-4-13(16)9-12)19-14-5-7-15(8-6-14)20-17(21)18-2/h3-8,11-13,16,19H,9-10H2,1-2H3,(H2,18,20,21). The Balaban J connectivity index is 1.57. The van der Waals surface area contributed by atoms with E-state index in [9.17, 15) is 4.79 Å². The summed E-state index contributed by atoms with van der Waals surface area (Å²) in [5, 5.41) is 8.90. The van der Waals surface area contributed by atoms with E-state index >= 15 is 0 Å². The lowest BCUT2D eigenvalue weighted by atomic mass is 9.87. The quantitative estimate of drug-likeness (QED) is 0.742. The Morgan fingerprint density at radius 1 is 1.14 bits per heavy atom. The summed E-state index contributed by atoms with van der Waals surface area (Å²) in [7, 11) is 1.61. The van der Waals surface area contributed by atoms with Gasteiger partial charge in [0.2, 0.25) is 0 Å². The number of hydrogen-bond acceptors (Lipinski definition) is 2. The first-order valence-corrected chi connectivity index (χ1v) is 7.69. The summed E-state index contributed by atoms with van der Waals surface area (Å²) in [4.78, 5) is 11.2. The second-order valence-electron chi connectivity index (χ2n) is 6.16. The molecule has 2 amide bonds. The van der Waals surface area contributed by atoms with Crippen molar-refractivity contribution in [2.45, 2.75) is 25.8 Å². The number of rotatable bonds is 4. The highest BCUT2D eigenvalue weighted by Crippen LogP contribution is 2.45. The second kappa shape index (κ2) is 5.80. The Morgan fingerprint density at radius 3 is 2.43 bits per heavy atom. The first kappa shape index (κ1) is 14.0. The van der Waals surface area contributed by atoms with Crippen LogP contribution in [0.25, 0.3) is 0 Å². The summed E-state index contributed by atoms with van der Waals surface area (Å²) in [5.41, 5.74) is 1.91. The lowest BCUT2D eigenvalue weighted by Crippen LogP contribution is -2.28. The minimum Gasteiger partial charge on any atom is -0.382 e. The molecule has 3 rings (SSSR count). The molecule has 0 spiro atoms. The molecule has 2 aliphatic carbocycles. The largest absolute Gasteiger partial charge is 0.382 e. The summed E-state index contributed by atoms with van der Waals surface area (Å²) >= 11 is 0. The Labute approximate surface area is 126 Å². The molecule has 2 aliphatic rings. The number of benzene rings is 1. The van der Waals surface area contributed by atoms with Crippen LogP contribution in [0.1, 0.15) is 19.8 Å². The maximum Gasteiger partial charge on any atom is 0.318 e. The van der Waals surface area contributed by atoms with E-state index in [-0.39, 0.29) is 6.03 Å². The predicted molar refractivity (Wildman–Crippen MR) is 86.4 cm³/mol. The van der Waals surface area contributed by atoms with E-state index in [0.717, 1.165) is 29.1 Å². The lowest BCUT2D eigenvalue weighted by molar-refractivity contribution is 0.254. The lowest BCUT2D eigenvalue weighted by Gasteiger charge is -2.27. The third-order valence-corrected chi connectivity index (χ3v) is 4.74. The predicted octanol–water partition coefficient (Wildman–Crippen LogP) is 3.45. The fraction of sp³-hybridized carbons (Fsp3) is 0.471. The molecule has 4 nitrogen and oxygen atoms in total. The summed E-state index contributed by atoms with van der Waals surface area (Å²) < 4.78 is 0. The number of hydrogen-bond donors (Lipinski definition) is 3. The van der Waals surface area contributed by atoms with Crippen molar-refractivity contribution in [1.82, 2.24) is 5.32 Å². The average Bonchev–Trinajstić information content (AvgIpc) is 3.12. The Hall–Kier alpha value is -1.97. The highest BCUT2D eigenvalue weighted by molar-refractivity contribution is 5.89. The van der Waals surface area contributed by atoms with Crippen LogP contribution in [0.5, 0.6) is 0 Å². The molecule has 1 aromatic rings. The summed E-state index contributed by atoms with van der Waals surface area (Å²) in [6.45, 7) is 2.27. The van der Waals surface area contributed by atoms with Gasteiger partial charge in [-0.2, -0.15) is 0 Å². The van der Waals surface area contributed by atoms with E-state index in [2.05, 4.69) is 35.0 Å². The molecule has 4 unspecified atom stereocenters. The smallest absolute Gasteiger partial charge is 0.318 e. The van der Waals surface area contributed by atoms with E-state index < -0.39 is 0 Å². The van der Waals surface area contributed by atoms with Crippen LogP contribution in [-0.2, 0) is 0 Å². The number of urea groups is 1. The van der Waals surface area contributed by atoms with Crippen molar-refractivity contribution in [2.75, 3.05) is 17.7 Å². The zero-order valence-corrected chi connectivity index (χ0v) is 12.6. The average molecular weight is 285 g/mol. The molecule has 0 heterocycles. The number of anilines is 2. The monoisotopic (exact) mass is 285 g/mol. The molecular weight excluding hydrogens is 262 g/mol. The van der Waals surface area contributed by atoms with Crippen LogP contribution in [0, 0.1) is 17.8 Å². The molecule has 2 bridgehead atoms. The Morgan fingerprint density at radius 2 is 1.86 bits per heavy atom. The first-order chi connectivity index (χ1) is 10.2. The fourth-order valence-electron chi connectivity index (χ4n) is 3.61. The van der Waals surface area contributed by atoms with Gasteiger partial charge >= 0.3 is 6.03 Å². The van der Waals surface area contributed by atoms with Crippen LogP contribution in [0.3, 0.4) is 0 Å². The third kappa shape index (κ3) is 3.04. The van der Waals surface area contributed by atoms with Gasteiger partial charge in [-0.25, -0.2) is 4.79 Å². The number of fused-ring (bicyclic) bond motifs is 2. The molecule has 21 heavy (non-hydrogen) atoms.